The molecule has 1 atom stereocenters. The standard InChI is InChI=1S/C37H32/c1-5-14-28(15-6-1)24-32-22-13-23-33-34(25-29-16-7-2-8-17-29)35(26-30-18-9-3-10-19-30)36(37(32)33)27-31-20-11-4-12-21-31/h1-23,34H,24-27H2. The van der Waals surface area contributed by atoms with E-state index in [2.05, 4.69) is 140 Å². The number of benzene rings is 5. The maximum absolute atomic E-state index is 2.39. The Morgan fingerprint density at radius 2 is 0.892 bits per heavy atom. The fraction of sp³-hybridized carbons (Fsp3) is 0.135. The summed E-state index contributed by atoms with van der Waals surface area (Å²) < 4.78 is 0. The van der Waals surface area contributed by atoms with Crippen LogP contribution in [0.5, 0.6) is 0 Å². The van der Waals surface area contributed by atoms with E-state index < -0.39 is 0 Å². The molecule has 1 aliphatic carbocycles. The van der Waals surface area contributed by atoms with E-state index in [0.717, 1.165) is 25.7 Å². The predicted molar refractivity (Wildman–Crippen MR) is 156 cm³/mol. The highest BCUT2D eigenvalue weighted by atomic mass is 14.4. The molecule has 5 aromatic carbocycles. The topological polar surface area (TPSA) is 0 Å². The molecule has 6 rings (SSSR count). The lowest BCUT2D eigenvalue weighted by Gasteiger charge is -2.18. The van der Waals surface area contributed by atoms with Crippen molar-refractivity contribution in [1.29, 1.82) is 0 Å². The molecule has 0 heteroatoms. The molecular formula is C37H32. The minimum atomic E-state index is 0.382. The first kappa shape index (κ1) is 23.3. The Labute approximate surface area is 221 Å². The normalized spacial score (nSPS) is 14.5. The highest BCUT2D eigenvalue weighted by Crippen LogP contribution is 2.48. The molecule has 0 spiro atoms. The smallest absolute Gasteiger partial charge is 0.0104 e. The molecule has 0 heterocycles. The number of fused-ring (bicyclic) bond motifs is 1. The second-order valence-corrected chi connectivity index (χ2v) is 10.1. The van der Waals surface area contributed by atoms with Crippen LogP contribution in [0.3, 0.4) is 0 Å². The summed E-state index contributed by atoms with van der Waals surface area (Å²) in [6.45, 7) is 0. The average Bonchev–Trinajstić information content (AvgIpc) is 3.23. The van der Waals surface area contributed by atoms with Gasteiger partial charge in [-0.15, -0.1) is 0 Å². The Hall–Kier alpha value is -4.16. The lowest BCUT2D eigenvalue weighted by molar-refractivity contribution is 0.777. The monoisotopic (exact) mass is 476 g/mol. The molecule has 0 nitrogen and oxygen atoms in total. The van der Waals surface area contributed by atoms with Gasteiger partial charge in [0.25, 0.3) is 0 Å². The van der Waals surface area contributed by atoms with Gasteiger partial charge in [0.15, 0.2) is 0 Å². The van der Waals surface area contributed by atoms with E-state index in [1.807, 2.05) is 0 Å². The molecule has 1 unspecified atom stereocenters. The minimum Gasteiger partial charge on any atom is -0.0622 e. The van der Waals surface area contributed by atoms with E-state index >= 15 is 0 Å². The van der Waals surface area contributed by atoms with Crippen LogP contribution in [0.15, 0.2) is 145 Å². The van der Waals surface area contributed by atoms with Gasteiger partial charge in [-0.25, -0.2) is 0 Å². The van der Waals surface area contributed by atoms with Gasteiger partial charge in [0, 0.05) is 5.92 Å². The number of hydrogen-bond acceptors (Lipinski definition) is 0. The second-order valence-electron chi connectivity index (χ2n) is 10.1. The highest BCUT2D eigenvalue weighted by Gasteiger charge is 2.32. The third-order valence-corrected chi connectivity index (χ3v) is 7.65. The Balaban J connectivity index is 1.51. The fourth-order valence-corrected chi connectivity index (χ4v) is 5.93. The summed E-state index contributed by atoms with van der Waals surface area (Å²) in [5, 5.41) is 0. The van der Waals surface area contributed by atoms with E-state index in [1.165, 1.54) is 44.5 Å². The van der Waals surface area contributed by atoms with Gasteiger partial charge in [-0.3, -0.25) is 0 Å². The first-order valence-corrected chi connectivity index (χ1v) is 13.3. The van der Waals surface area contributed by atoms with Crippen molar-refractivity contribution in [1.82, 2.24) is 0 Å². The van der Waals surface area contributed by atoms with Gasteiger partial charge < -0.3 is 0 Å². The summed E-state index contributed by atoms with van der Waals surface area (Å²) in [7, 11) is 0. The van der Waals surface area contributed by atoms with Gasteiger partial charge in [0.1, 0.15) is 0 Å². The van der Waals surface area contributed by atoms with Crippen LogP contribution in [-0.2, 0) is 25.7 Å². The number of hydrogen-bond donors (Lipinski definition) is 0. The van der Waals surface area contributed by atoms with Crippen LogP contribution in [0, 0.1) is 0 Å². The summed E-state index contributed by atoms with van der Waals surface area (Å²) >= 11 is 0. The van der Waals surface area contributed by atoms with E-state index in [4.69, 9.17) is 0 Å². The number of allylic oxidation sites excluding steroid dienone is 2. The maximum Gasteiger partial charge on any atom is 0.0104 e. The van der Waals surface area contributed by atoms with Crippen molar-refractivity contribution in [2.24, 2.45) is 0 Å². The fourth-order valence-electron chi connectivity index (χ4n) is 5.93. The molecule has 0 fully saturated rings. The van der Waals surface area contributed by atoms with Crippen LogP contribution in [0.4, 0.5) is 0 Å². The van der Waals surface area contributed by atoms with Crippen molar-refractivity contribution in [3.8, 4) is 0 Å². The molecule has 37 heavy (non-hydrogen) atoms. The summed E-state index contributed by atoms with van der Waals surface area (Å²) in [5.41, 5.74) is 13.1. The molecule has 0 saturated carbocycles. The quantitative estimate of drug-likeness (QED) is 0.210. The molecule has 5 aromatic rings. The molecule has 1 aliphatic rings. The molecule has 0 bridgehead atoms. The highest BCUT2D eigenvalue weighted by molar-refractivity contribution is 5.82. The summed E-state index contributed by atoms with van der Waals surface area (Å²) in [6.07, 6.45) is 3.94. The molecule has 180 valence electrons. The van der Waals surface area contributed by atoms with Crippen molar-refractivity contribution in [3.05, 3.63) is 184 Å². The lowest BCUT2D eigenvalue weighted by Crippen LogP contribution is -2.06. The average molecular weight is 477 g/mol. The van der Waals surface area contributed by atoms with Crippen molar-refractivity contribution >= 4 is 5.57 Å². The van der Waals surface area contributed by atoms with Crippen LogP contribution in [0.25, 0.3) is 5.57 Å². The van der Waals surface area contributed by atoms with Crippen molar-refractivity contribution in [2.45, 2.75) is 31.6 Å². The largest absolute Gasteiger partial charge is 0.0622 e. The lowest BCUT2D eigenvalue weighted by atomic mass is 9.85. The molecule has 0 aliphatic heterocycles. The first-order chi connectivity index (χ1) is 18.3. The van der Waals surface area contributed by atoms with Gasteiger partial charge in [-0.05, 0) is 70.2 Å². The predicted octanol–water partition coefficient (Wildman–Crippen LogP) is 8.86. The summed E-state index contributed by atoms with van der Waals surface area (Å²) in [4.78, 5) is 0. The number of rotatable bonds is 8. The van der Waals surface area contributed by atoms with Crippen LogP contribution < -0.4 is 0 Å². The second kappa shape index (κ2) is 10.8. The summed E-state index contributed by atoms with van der Waals surface area (Å²) in [6, 6.07) is 51.0. The summed E-state index contributed by atoms with van der Waals surface area (Å²) in [5.74, 6) is 0.382. The zero-order valence-corrected chi connectivity index (χ0v) is 21.2. The van der Waals surface area contributed by atoms with Crippen LogP contribution in [0.2, 0.25) is 0 Å². The Bertz CT molecular complexity index is 1480. The van der Waals surface area contributed by atoms with Gasteiger partial charge in [0.2, 0.25) is 0 Å². The van der Waals surface area contributed by atoms with Crippen LogP contribution in [-0.4, -0.2) is 0 Å². The Morgan fingerprint density at radius 1 is 0.405 bits per heavy atom. The molecule has 0 saturated heterocycles. The van der Waals surface area contributed by atoms with Gasteiger partial charge in [0.05, 0.1) is 0 Å². The van der Waals surface area contributed by atoms with Crippen LogP contribution in [0.1, 0.15) is 44.9 Å². The Kier molecular flexibility index (Phi) is 6.82. The molecule has 0 radical (unpaired) electrons. The van der Waals surface area contributed by atoms with E-state index in [0.29, 0.717) is 5.92 Å². The minimum absolute atomic E-state index is 0.382. The SMILES string of the molecule is c1ccc(CC2=C(Cc3ccccc3)C(Cc3ccccc3)c3cccc(Cc4ccccc4)c32)cc1. The van der Waals surface area contributed by atoms with Gasteiger partial charge in [-0.2, -0.15) is 0 Å². The maximum atomic E-state index is 2.39. The third-order valence-electron chi connectivity index (χ3n) is 7.65. The van der Waals surface area contributed by atoms with Crippen LogP contribution >= 0.6 is 0 Å². The van der Waals surface area contributed by atoms with E-state index in [1.54, 1.807) is 5.57 Å². The molecule has 0 amide bonds. The molecular weight excluding hydrogens is 444 g/mol. The van der Waals surface area contributed by atoms with Crippen molar-refractivity contribution in [3.63, 3.8) is 0 Å². The third kappa shape index (κ3) is 5.20. The molecule has 0 aromatic heterocycles. The zero-order valence-electron chi connectivity index (χ0n) is 21.2. The van der Waals surface area contributed by atoms with Crippen molar-refractivity contribution in [2.75, 3.05) is 0 Å². The first-order valence-electron chi connectivity index (χ1n) is 13.3. The van der Waals surface area contributed by atoms with Gasteiger partial charge >= 0.3 is 0 Å². The van der Waals surface area contributed by atoms with Gasteiger partial charge in [-0.1, -0.05) is 145 Å². The molecule has 0 N–H and O–H groups in total. The van der Waals surface area contributed by atoms with Crippen molar-refractivity contribution < 1.29 is 0 Å². The zero-order chi connectivity index (χ0) is 24.9. The Morgan fingerprint density at radius 3 is 1.46 bits per heavy atom. The van der Waals surface area contributed by atoms with E-state index in [-0.39, 0.29) is 0 Å². The van der Waals surface area contributed by atoms with E-state index in [9.17, 15) is 0 Å².